The Morgan fingerprint density at radius 1 is 0.955 bits per heavy atom. The van der Waals surface area contributed by atoms with E-state index in [9.17, 15) is 0 Å². The van der Waals surface area contributed by atoms with Crippen LogP contribution in [0.15, 0.2) is 41.5 Å². The molecule has 0 aliphatic carbocycles. The van der Waals surface area contributed by atoms with Crippen LogP contribution in [0.25, 0.3) is 0 Å². The molecule has 0 fully saturated rings. The van der Waals surface area contributed by atoms with Gasteiger partial charge in [-0.15, -0.1) is 0 Å². The zero-order valence-electron chi connectivity index (χ0n) is 12.6. The van der Waals surface area contributed by atoms with Crippen molar-refractivity contribution in [3.05, 3.63) is 47.0 Å². The lowest BCUT2D eigenvalue weighted by Gasteiger charge is -2.11. The fourth-order valence-electron chi connectivity index (χ4n) is 1.89. The molecule has 0 saturated carbocycles. The highest BCUT2D eigenvalue weighted by Gasteiger charge is 2.10. The first-order chi connectivity index (χ1) is 10.7. The highest BCUT2D eigenvalue weighted by atomic mass is 35.5. The molecule has 0 spiro atoms. The van der Waals surface area contributed by atoms with Gasteiger partial charge in [-0.25, -0.2) is 0 Å². The Kier molecular flexibility index (Phi) is 5.49. The maximum Gasteiger partial charge on any atom is 0.164 e. The molecule has 1 N–H and O–H groups in total. The summed E-state index contributed by atoms with van der Waals surface area (Å²) in [5.74, 6) is 1.83. The number of anilines is 1. The molecule has 0 heterocycles. The van der Waals surface area contributed by atoms with Crippen LogP contribution in [-0.2, 0) is 0 Å². The van der Waals surface area contributed by atoms with Crippen molar-refractivity contribution in [2.45, 2.75) is 0 Å². The predicted octanol–water partition coefficient (Wildman–Crippen LogP) is 3.81. The van der Waals surface area contributed by atoms with E-state index in [1.165, 1.54) is 0 Å². The summed E-state index contributed by atoms with van der Waals surface area (Å²) in [5, 5.41) is 4.82. The summed E-state index contributed by atoms with van der Waals surface area (Å²) in [4.78, 5) is 0. The van der Waals surface area contributed by atoms with Crippen molar-refractivity contribution in [1.29, 1.82) is 0 Å². The van der Waals surface area contributed by atoms with Crippen molar-refractivity contribution in [3.8, 4) is 17.2 Å². The Hall–Kier alpha value is -2.40. The normalized spacial score (nSPS) is 10.5. The number of nitrogens with zero attached hydrogens (tertiary/aromatic N) is 1. The molecule has 0 unspecified atom stereocenters. The van der Waals surface area contributed by atoms with E-state index in [1.54, 1.807) is 51.8 Å². The predicted molar refractivity (Wildman–Crippen MR) is 88.8 cm³/mol. The summed E-state index contributed by atoms with van der Waals surface area (Å²) in [5.41, 5.74) is 4.46. The molecule has 0 radical (unpaired) electrons. The van der Waals surface area contributed by atoms with Gasteiger partial charge in [-0.3, -0.25) is 5.43 Å². The van der Waals surface area contributed by atoms with Gasteiger partial charge in [0.05, 0.1) is 33.2 Å². The van der Waals surface area contributed by atoms with E-state index in [-0.39, 0.29) is 0 Å². The molecular formula is C16H17ClN2O3. The summed E-state index contributed by atoms with van der Waals surface area (Å²) in [6.45, 7) is 0. The first-order valence-corrected chi connectivity index (χ1v) is 6.90. The van der Waals surface area contributed by atoms with Crippen LogP contribution in [0.5, 0.6) is 17.2 Å². The largest absolute Gasteiger partial charge is 0.496 e. The molecule has 2 aromatic carbocycles. The van der Waals surface area contributed by atoms with E-state index in [1.807, 2.05) is 12.1 Å². The minimum atomic E-state index is 0.597. The minimum Gasteiger partial charge on any atom is -0.496 e. The van der Waals surface area contributed by atoms with Crippen LogP contribution in [0, 0.1) is 0 Å². The van der Waals surface area contributed by atoms with E-state index in [0.717, 1.165) is 11.3 Å². The van der Waals surface area contributed by atoms with E-state index in [0.29, 0.717) is 22.3 Å². The summed E-state index contributed by atoms with van der Waals surface area (Å²) >= 11 is 5.92. The number of halogens is 1. The van der Waals surface area contributed by atoms with E-state index in [4.69, 9.17) is 25.8 Å². The van der Waals surface area contributed by atoms with Crippen LogP contribution >= 0.6 is 11.6 Å². The molecule has 5 nitrogen and oxygen atoms in total. The summed E-state index contributed by atoms with van der Waals surface area (Å²) < 4.78 is 15.9. The lowest BCUT2D eigenvalue weighted by atomic mass is 10.2. The average molecular weight is 321 g/mol. The van der Waals surface area contributed by atoms with Crippen molar-refractivity contribution in [1.82, 2.24) is 0 Å². The third-order valence-corrected chi connectivity index (χ3v) is 3.19. The maximum absolute atomic E-state index is 5.92. The molecule has 0 aromatic heterocycles. The van der Waals surface area contributed by atoms with Gasteiger partial charge in [0.25, 0.3) is 0 Å². The smallest absolute Gasteiger partial charge is 0.164 e. The van der Waals surface area contributed by atoms with Gasteiger partial charge in [-0.2, -0.15) is 5.10 Å². The third-order valence-electron chi connectivity index (χ3n) is 2.96. The zero-order chi connectivity index (χ0) is 15.9. The number of benzene rings is 2. The third kappa shape index (κ3) is 3.83. The molecule has 22 heavy (non-hydrogen) atoms. The first kappa shape index (κ1) is 16.0. The average Bonchev–Trinajstić information content (AvgIpc) is 2.54. The van der Waals surface area contributed by atoms with E-state index in [2.05, 4.69) is 10.5 Å². The fraction of sp³-hybridized carbons (Fsp3) is 0.188. The van der Waals surface area contributed by atoms with E-state index < -0.39 is 0 Å². The monoisotopic (exact) mass is 320 g/mol. The molecule has 2 aromatic rings. The second-order valence-corrected chi connectivity index (χ2v) is 4.77. The van der Waals surface area contributed by atoms with Gasteiger partial charge in [0.15, 0.2) is 11.5 Å². The van der Waals surface area contributed by atoms with Gasteiger partial charge in [0.2, 0.25) is 0 Å². The molecule has 0 aliphatic heterocycles. The van der Waals surface area contributed by atoms with Crippen LogP contribution in [0.3, 0.4) is 0 Å². The molecule has 0 bridgehead atoms. The quantitative estimate of drug-likeness (QED) is 0.649. The Labute approximate surface area is 134 Å². The van der Waals surface area contributed by atoms with Gasteiger partial charge in [-0.1, -0.05) is 17.7 Å². The van der Waals surface area contributed by atoms with Crippen molar-refractivity contribution in [3.63, 3.8) is 0 Å². The number of methoxy groups -OCH3 is 3. The van der Waals surface area contributed by atoms with Crippen molar-refractivity contribution >= 4 is 23.5 Å². The topological polar surface area (TPSA) is 52.1 Å². The molecule has 2 rings (SSSR count). The van der Waals surface area contributed by atoms with E-state index >= 15 is 0 Å². The molecule has 0 atom stereocenters. The Balaban J connectivity index is 2.22. The van der Waals surface area contributed by atoms with Crippen molar-refractivity contribution < 1.29 is 14.2 Å². The Morgan fingerprint density at radius 3 is 2.27 bits per heavy atom. The first-order valence-electron chi connectivity index (χ1n) is 6.52. The Bertz CT molecular complexity index is 674. The van der Waals surface area contributed by atoms with Gasteiger partial charge < -0.3 is 14.2 Å². The summed E-state index contributed by atoms with van der Waals surface area (Å²) in [6.07, 6.45) is 1.64. The second-order valence-electron chi connectivity index (χ2n) is 4.33. The summed E-state index contributed by atoms with van der Waals surface area (Å²) in [6, 6.07) is 10.8. The lowest BCUT2D eigenvalue weighted by Crippen LogP contribution is -1.98. The molecular weight excluding hydrogens is 304 g/mol. The lowest BCUT2D eigenvalue weighted by molar-refractivity contribution is 0.349. The Morgan fingerprint density at radius 2 is 1.64 bits per heavy atom. The SMILES string of the molecule is COc1cc(OC)c(OC)cc1C=NNc1cccc(Cl)c1. The molecule has 0 aliphatic rings. The van der Waals surface area contributed by atoms with Crippen LogP contribution in [0.1, 0.15) is 5.56 Å². The fourth-order valence-corrected chi connectivity index (χ4v) is 2.08. The number of hydrogen-bond donors (Lipinski definition) is 1. The number of hydrazone groups is 1. The molecule has 116 valence electrons. The number of hydrogen-bond acceptors (Lipinski definition) is 5. The maximum atomic E-state index is 5.92. The highest BCUT2D eigenvalue weighted by molar-refractivity contribution is 6.30. The number of ether oxygens (including phenoxy) is 3. The highest BCUT2D eigenvalue weighted by Crippen LogP contribution is 2.33. The standard InChI is InChI=1S/C16H17ClN2O3/c1-20-14-9-16(22-3)15(21-2)7-11(14)10-18-19-13-6-4-5-12(17)8-13/h4-10,19H,1-3H3. The zero-order valence-corrected chi connectivity index (χ0v) is 13.3. The minimum absolute atomic E-state index is 0.597. The number of rotatable bonds is 6. The van der Waals surface area contributed by atoms with Crippen LogP contribution in [0.4, 0.5) is 5.69 Å². The van der Waals surface area contributed by atoms with Gasteiger partial charge in [0.1, 0.15) is 5.75 Å². The number of nitrogens with one attached hydrogen (secondary N) is 1. The van der Waals surface area contributed by atoms with Crippen LogP contribution < -0.4 is 19.6 Å². The second kappa shape index (κ2) is 7.56. The van der Waals surface area contributed by atoms with Gasteiger partial charge in [0, 0.05) is 16.7 Å². The van der Waals surface area contributed by atoms with Crippen molar-refractivity contribution in [2.24, 2.45) is 5.10 Å². The molecule has 0 amide bonds. The van der Waals surface area contributed by atoms with Crippen LogP contribution in [0.2, 0.25) is 5.02 Å². The van der Waals surface area contributed by atoms with Crippen LogP contribution in [-0.4, -0.2) is 27.5 Å². The van der Waals surface area contributed by atoms with Gasteiger partial charge >= 0.3 is 0 Å². The van der Waals surface area contributed by atoms with Gasteiger partial charge in [-0.05, 0) is 24.3 Å². The molecule has 0 saturated heterocycles. The van der Waals surface area contributed by atoms with Crippen molar-refractivity contribution in [2.75, 3.05) is 26.8 Å². The molecule has 6 heteroatoms. The summed E-state index contributed by atoms with van der Waals surface area (Å²) in [7, 11) is 4.74.